The fourth-order valence-electron chi connectivity index (χ4n) is 2.58. The molecular weight excluding hydrogens is 372 g/mol. The van der Waals surface area contributed by atoms with E-state index in [1.807, 2.05) is 6.07 Å². The van der Waals surface area contributed by atoms with Crippen molar-refractivity contribution in [2.45, 2.75) is 31.3 Å². The van der Waals surface area contributed by atoms with Crippen molar-refractivity contribution in [3.05, 3.63) is 59.2 Å². The summed E-state index contributed by atoms with van der Waals surface area (Å²) in [6, 6.07) is 10.5. The molecule has 1 aliphatic heterocycles. The van der Waals surface area contributed by atoms with Crippen LogP contribution in [0.1, 0.15) is 27.9 Å². The molecule has 0 amide bonds. The van der Waals surface area contributed by atoms with Gasteiger partial charge in [0.25, 0.3) is 0 Å². The lowest BCUT2D eigenvalue weighted by Crippen LogP contribution is -2.22. The van der Waals surface area contributed by atoms with Crippen LogP contribution < -0.4 is 4.18 Å². The van der Waals surface area contributed by atoms with Gasteiger partial charge in [0.05, 0.1) is 12.2 Å². The smallest absolute Gasteiger partial charge is 0.347 e. The number of ether oxygens (including phenoxy) is 2. The summed E-state index contributed by atoms with van der Waals surface area (Å²) in [5.74, 6) is -1.20. The van der Waals surface area contributed by atoms with E-state index in [1.54, 1.807) is 19.9 Å². The SMILES string of the molecule is Cc1ccc(C)c(S(=O)(=O)Oc2ccc(C(=O)O[C@H]3CCOC3=O)cc2)c1. The van der Waals surface area contributed by atoms with E-state index in [0.29, 0.717) is 12.0 Å². The molecule has 8 heteroatoms. The second kappa shape index (κ2) is 7.40. The Morgan fingerprint density at radius 2 is 1.81 bits per heavy atom. The molecule has 1 heterocycles. The van der Waals surface area contributed by atoms with Crippen LogP contribution >= 0.6 is 0 Å². The fraction of sp³-hybridized carbons (Fsp3) is 0.263. The van der Waals surface area contributed by atoms with Crippen molar-refractivity contribution < 1.29 is 31.7 Å². The monoisotopic (exact) mass is 390 g/mol. The maximum atomic E-state index is 12.5. The number of hydrogen-bond donors (Lipinski definition) is 0. The van der Waals surface area contributed by atoms with E-state index < -0.39 is 28.2 Å². The molecule has 1 atom stereocenters. The minimum atomic E-state index is -4.00. The van der Waals surface area contributed by atoms with Crippen LogP contribution in [0, 0.1) is 13.8 Å². The van der Waals surface area contributed by atoms with Crippen molar-refractivity contribution in [3.63, 3.8) is 0 Å². The summed E-state index contributed by atoms with van der Waals surface area (Å²) in [5.41, 5.74) is 1.54. The zero-order valence-corrected chi connectivity index (χ0v) is 15.6. The molecule has 142 valence electrons. The summed E-state index contributed by atoms with van der Waals surface area (Å²) >= 11 is 0. The van der Waals surface area contributed by atoms with Crippen LogP contribution in [-0.4, -0.2) is 33.1 Å². The van der Waals surface area contributed by atoms with Gasteiger partial charge < -0.3 is 13.7 Å². The van der Waals surface area contributed by atoms with Gasteiger partial charge in [0.15, 0.2) is 0 Å². The van der Waals surface area contributed by atoms with Crippen molar-refractivity contribution in [1.82, 2.24) is 0 Å². The van der Waals surface area contributed by atoms with E-state index in [2.05, 4.69) is 0 Å². The molecule has 2 aromatic carbocycles. The van der Waals surface area contributed by atoms with Gasteiger partial charge in [-0.1, -0.05) is 12.1 Å². The first-order valence-electron chi connectivity index (χ1n) is 8.26. The van der Waals surface area contributed by atoms with Crippen molar-refractivity contribution in [2.24, 2.45) is 0 Å². The minimum Gasteiger partial charge on any atom is -0.463 e. The molecule has 1 fully saturated rings. The van der Waals surface area contributed by atoms with Gasteiger partial charge in [-0.05, 0) is 55.3 Å². The third kappa shape index (κ3) is 4.28. The highest BCUT2D eigenvalue weighted by molar-refractivity contribution is 7.87. The number of hydrogen-bond acceptors (Lipinski definition) is 7. The van der Waals surface area contributed by atoms with Gasteiger partial charge in [0, 0.05) is 6.42 Å². The lowest BCUT2D eigenvalue weighted by molar-refractivity contribution is -0.145. The molecule has 0 aliphatic carbocycles. The maximum Gasteiger partial charge on any atom is 0.347 e. The van der Waals surface area contributed by atoms with Crippen LogP contribution in [0.15, 0.2) is 47.4 Å². The Kier molecular flexibility index (Phi) is 5.18. The highest BCUT2D eigenvalue weighted by atomic mass is 32.2. The van der Waals surface area contributed by atoms with Gasteiger partial charge in [-0.2, -0.15) is 8.42 Å². The Balaban J connectivity index is 1.72. The van der Waals surface area contributed by atoms with E-state index in [9.17, 15) is 18.0 Å². The third-order valence-electron chi connectivity index (χ3n) is 4.05. The van der Waals surface area contributed by atoms with Gasteiger partial charge in [0.1, 0.15) is 10.6 Å². The average Bonchev–Trinajstić information content (AvgIpc) is 3.02. The molecule has 0 bridgehead atoms. The molecule has 27 heavy (non-hydrogen) atoms. The number of carbonyl (C=O) groups excluding carboxylic acids is 2. The molecule has 0 saturated carbocycles. The summed E-state index contributed by atoms with van der Waals surface area (Å²) in [7, 11) is -4.00. The van der Waals surface area contributed by atoms with E-state index in [1.165, 1.54) is 30.3 Å². The summed E-state index contributed by atoms with van der Waals surface area (Å²) in [6.45, 7) is 3.70. The number of benzene rings is 2. The third-order valence-corrected chi connectivity index (χ3v) is 5.44. The van der Waals surface area contributed by atoms with Crippen LogP contribution in [0.5, 0.6) is 5.75 Å². The molecule has 0 N–H and O–H groups in total. The predicted molar refractivity (Wildman–Crippen MR) is 95.0 cm³/mol. The zero-order valence-electron chi connectivity index (χ0n) is 14.8. The minimum absolute atomic E-state index is 0.0627. The number of carbonyl (C=O) groups is 2. The normalized spacial score (nSPS) is 16.7. The van der Waals surface area contributed by atoms with Crippen molar-refractivity contribution >= 4 is 22.1 Å². The van der Waals surface area contributed by atoms with Crippen molar-refractivity contribution in [1.29, 1.82) is 0 Å². The molecule has 1 saturated heterocycles. The highest BCUT2D eigenvalue weighted by Crippen LogP contribution is 2.23. The maximum absolute atomic E-state index is 12.5. The zero-order chi connectivity index (χ0) is 19.6. The predicted octanol–water partition coefficient (Wildman–Crippen LogP) is 2.54. The Morgan fingerprint density at radius 3 is 2.44 bits per heavy atom. The number of esters is 2. The molecular formula is C19H18O7S. The van der Waals surface area contributed by atoms with E-state index in [0.717, 1.165) is 5.56 Å². The number of rotatable bonds is 5. The van der Waals surface area contributed by atoms with Crippen LogP contribution in [0.4, 0.5) is 0 Å². The van der Waals surface area contributed by atoms with E-state index in [4.69, 9.17) is 13.7 Å². The van der Waals surface area contributed by atoms with Gasteiger partial charge in [-0.25, -0.2) is 9.59 Å². The number of cyclic esters (lactones) is 1. The Hall–Kier alpha value is -2.87. The van der Waals surface area contributed by atoms with Crippen molar-refractivity contribution in [2.75, 3.05) is 6.61 Å². The summed E-state index contributed by atoms with van der Waals surface area (Å²) < 4.78 is 40.0. The summed E-state index contributed by atoms with van der Waals surface area (Å²) in [6.07, 6.45) is -0.585. The second-order valence-corrected chi connectivity index (χ2v) is 7.70. The quantitative estimate of drug-likeness (QED) is 0.572. The molecule has 0 spiro atoms. The first kappa shape index (κ1) is 18.9. The van der Waals surface area contributed by atoms with Crippen LogP contribution in [0.3, 0.4) is 0 Å². The van der Waals surface area contributed by atoms with E-state index in [-0.39, 0.29) is 22.8 Å². The van der Waals surface area contributed by atoms with Gasteiger partial charge in [0.2, 0.25) is 6.10 Å². The molecule has 0 aromatic heterocycles. The lowest BCUT2D eigenvalue weighted by Gasteiger charge is -2.11. The largest absolute Gasteiger partial charge is 0.463 e. The number of aryl methyl sites for hydroxylation is 2. The van der Waals surface area contributed by atoms with Crippen LogP contribution in [0.25, 0.3) is 0 Å². The van der Waals surface area contributed by atoms with Crippen molar-refractivity contribution in [3.8, 4) is 5.75 Å². The fourth-order valence-corrected chi connectivity index (χ4v) is 3.82. The Morgan fingerprint density at radius 1 is 1.11 bits per heavy atom. The molecule has 1 aliphatic rings. The second-order valence-electron chi connectivity index (χ2n) is 6.18. The summed E-state index contributed by atoms with van der Waals surface area (Å²) in [5, 5.41) is 0. The van der Waals surface area contributed by atoms with Gasteiger partial charge in [-0.15, -0.1) is 0 Å². The molecule has 2 aromatic rings. The lowest BCUT2D eigenvalue weighted by atomic mass is 10.2. The molecule has 0 unspecified atom stereocenters. The average molecular weight is 390 g/mol. The van der Waals surface area contributed by atoms with Crippen LogP contribution in [-0.2, 0) is 24.4 Å². The Bertz CT molecular complexity index is 978. The standard InChI is InChI=1S/C19H18O7S/c1-12-3-4-13(2)17(11-12)27(22,23)26-15-7-5-14(6-8-15)18(20)25-16-9-10-24-19(16)21/h3-8,11,16H,9-10H2,1-2H3/t16-/m0/s1. The first-order chi connectivity index (χ1) is 12.8. The van der Waals surface area contributed by atoms with Gasteiger partial charge >= 0.3 is 22.1 Å². The highest BCUT2D eigenvalue weighted by Gasteiger charge is 2.30. The summed E-state index contributed by atoms with van der Waals surface area (Å²) in [4.78, 5) is 23.5. The first-order valence-corrected chi connectivity index (χ1v) is 9.66. The van der Waals surface area contributed by atoms with Crippen LogP contribution in [0.2, 0.25) is 0 Å². The molecule has 0 radical (unpaired) electrons. The Labute approximate surface area is 157 Å². The van der Waals surface area contributed by atoms with Gasteiger partial charge in [-0.3, -0.25) is 0 Å². The molecule has 7 nitrogen and oxygen atoms in total. The van der Waals surface area contributed by atoms with E-state index >= 15 is 0 Å². The molecule has 3 rings (SSSR count). The topological polar surface area (TPSA) is 96.0 Å².